The summed E-state index contributed by atoms with van der Waals surface area (Å²) >= 11 is 0. The van der Waals surface area contributed by atoms with Crippen molar-refractivity contribution in [2.24, 2.45) is 0 Å². The van der Waals surface area contributed by atoms with Crippen molar-refractivity contribution in [3.8, 4) is 0 Å². The van der Waals surface area contributed by atoms with Gasteiger partial charge in [0, 0.05) is 6.42 Å². The molecule has 1 aliphatic heterocycles. The molecule has 24 heavy (non-hydrogen) atoms. The molecule has 136 valence electrons. The van der Waals surface area contributed by atoms with Crippen LogP contribution in [0, 0.1) is 0 Å². The standard InChI is InChI=1S/C21H34O3/c1-3-4-5-6-10-13-16-19-20(24-19)17-14-11-8-7-9-12-15-18-21(22)23-2/h7,9-11,13-14,19-20H,3-6,8,12,15-18H2,1-2H3/b9-7-,13-10-,14-11-. The van der Waals surface area contributed by atoms with E-state index in [1.807, 2.05) is 0 Å². The first-order valence-corrected chi connectivity index (χ1v) is 9.45. The molecule has 1 fully saturated rings. The highest BCUT2D eigenvalue weighted by Crippen LogP contribution is 2.29. The Bertz CT molecular complexity index is 409. The maximum atomic E-state index is 10.9. The van der Waals surface area contributed by atoms with Gasteiger partial charge in [0.25, 0.3) is 0 Å². The number of epoxide rings is 1. The van der Waals surface area contributed by atoms with Gasteiger partial charge in [0.1, 0.15) is 0 Å². The highest BCUT2D eigenvalue weighted by Gasteiger charge is 2.35. The van der Waals surface area contributed by atoms with Crippen molar-refractivity contribution < 1.29 is 14.3 Å². The average molecular weight is 335 g/mol. The second-order valence-electron chi connectivity index (χ2n) is 6.30. The van der Waals surface area contributed by atoms with Crippen LogP contribution in [0.3, 0.4) is 0 Å². The first-order chi connectivity index (χ1) is 11.8. The lowest BCUT2D eigenvalue weighted by atomic mass is 10.1. The van der Waals surface area contributed by atoms with Gasteiger partial charge in [0.05, 0.1) is 19.3 Å². The van der Waals surface area contributed by atoms with E-state index in [9.17, 15) is 4.79 Å². The van der Waals surface area contributed by atoms with E-state index in [2.05, 4.69) is 48.1 Å². The lowest BCUT2D eigenvalue weighted by Gasteiger charge is -1.95. The summed E-state index contributed by atoms with van der Waals surface area (Å²) in [6.07, 6.45) is 24.6. The highest BCUT2D eigenvalue weighted by molar-refractivity contribution is 5.69. The number of methoxy groups -OCH3 is 1. The van der Waals surface area contributed by atoms with Crippen molar-refractivity contribution in [1.29, 1.82) is 0 Å². The van der Waals surface area contributed by atoms with E-state index in [1.54, 1.807) is 0 Å². The largest absolute Gasteiger partial charge is 0.469 e. The third-order valence-corrected chi connectivity index (χ3v) is 4.15. The fourth-order valence-electron chi connectivity index (χ4n) is 2.54. The van der Waals surface area contributed by atoms with Crippen LogP contribution in [-0.2, 0) is 14.3 Å². The Kier molecular flexibility index (Phi) is 12.1. The third-order valence-electron chi connectivity index (χ3n) is 4.15. The second-order valence-corrected chi connectivity index (χ2v) is 6.30. The molecule has 0 spiro atoms. The predicted molar refractivity (Wildman–Crippen MR) is 99.9 cm³/mol. The van der Waals surface area contributed by atoms with E-state index in [4.69, 9.17) is 4.74 Å². The molecule has 1 rings (SSSR count). The molecule has 0 aliphatic carbocycles. The zero-order valence-electron chi connectivity index (χ0n) is 15.4. The topological polar surface area (TPSA) is 38.8 Å². The van der Waals surface area contributed by atoms with Crippen LogP contribution >= 0.6 is 0 Å². The van der Waals surface area contributed by atoms with Crippen LogP contribution in [-0.4, -0.2) is 25.3 Å². The van der Waals surface area contributed by atoms with Crippen LogP contribution in [0.5, 0.6) is 0 Å². The minimum atomic E-state index is -0.127. The quantitative estimate of drug-likeness (QED) is 0.182. The van der Waals surface area contributed by atoms with Gasteiger partial charge in [-0.05, 0) is 44.9 Å². The number of esters is 1. The van der Waals surface area contributed by atoms with E-state index in [-0.39, 0.29) is 5.97 Å². The molecule has 0 N–H and O–H groups in total. The summed E-state index contributed by atoms with van der Waals surface area (Å²) in [4.78, 5) is 10.9. The Morgan fingerprint density at radius 2 is 1.54 bits per heavy atom. The van der Waals surface area contributed by atoms with E-state index in [0.717, 1.165) is 32.1 Å². The molecule has 1 saturated heterocycles. The molecule has 2 unspecified atom stereocenters. The van der Waals surface area contributed by atoms with Crippen LogP contribution in [0.2, 0.25) is 0 Å². The average Bonchev–Trinajstić information content (AvgIpc) is 3.34. The zero-order valence-corrected chi connectivity index (χ0v) is 15.4. The Labute approximate surface area is 147 Å². The minimum Gasteiger partial charge on any atom is -0.469 e. The summed E-state index contributed by atoms with van der Waals surface area (Å²) in [5, 5.41) is 0. The van der Waals surface area contributed by atoms with E-state index >= 15 is 0 Å². The number of ether oxygens (including phenoxy) is 2. The van der Waals surface area contributed by atoms with Gasteiger partial charge in [0.2, 0.25) is 0 Å². The predicted octanol–water partition coefficient (Wildman–Crippen LogP) is 5.52. The molecule has 0 aromatic rings. The maximum absolute atomic E-state index is 10.9. The van der Waals surface area contributed by atoms with Crippen molar-refractivity contribution >= 4 is 5.97 Å². The van der Waals surface area contributed by atoms with Gasteiger partial charge in [-0.25, -0.2) is 0 Å². The summed E-state index contributed by atoms with van der Waals surface area (Å²) < 4.78 is 10.3. The van der Waals surface area contributed by atoms with Crippen LogP contribution in [0.25, 0.3) is 0 Å². The fraction of sp³-hybridized carbons (Fsp3) is 0.667. The molecule has 1 heterocycles. The van der Waals surface area contributed by atoms with Crippen LogP contribution in [0.15, 0.2) is 36.5 Å². The molecule has 3 heteroatoms. The van der Waals surface area contributed by atoms with Gasteiger partial charge in [-0.2, -0.15) is 0 Å². The summed E-state index contributed by atoms with van der Waals surface area (Å²) in [5.74, 6) is -0.127. The number of rotatable bonds is 14. The molecule has 0 aromatic carbocycles. The van der Waals surface area contributed by atoms with E-state index in [0.29, 0.717) is 18.6 Å². The number of carbonyl (C=O) groups excluding carboxylic acids is 1. The molecule has 0 amide bonds. The van der Waals surface area contributed by atoms with Crippen molar-refractivity contribution in [2.75, 3.05) is 7.11 Å². The number of carbonyl (C=O) groups is 1. The lowest BCUT2D eigenvalue weighted by molar-refractivity contribution is -0.140. The fourth-order valence-corrected chi connectivity index (χ4v) is 2.54. The summed E-state index contributed by atoms with van der Waals surface area (Å²) in [6.45, 7) is 2.24. The molecule has 0 bridgehead atoms. The number of unbranched alkanes of at least 4 members (excludes halogenated alkanes) is 4. The number of allylic oxidation sites excluding steroid dienone is 4. The highest BCUT2D eigenvalue weighted by atomic mass is 16.6. The third kappa shape index (κ3) is 11.2. The normalized spacial score (nSPS) is 20.4. The van der Waals surface area contributed by atoms with Gasteiger partial charge in [-0.15, -0.1) is 0 Å². The first kappa shape index (κ1) is 20.7. The van der Waals surface area contributed by atoms with E-state index < -0.39 is 0 Å². The second kappa shape index (κ2) is 14.0. The number of hydrogen-bond acceptors (Lipinski definition) is 3. The van der Waals surface area contributed by atoms with Gasteiger partial charge in [-0.1, -0.05) is 56.2 Å². The summed E-state index contributed by atoms with van der Waals surface area (Å²) in [5.41, 5.74) is 0. The van der Waals surface area contributed by atoms with Gasteiger partial charge in [-0.3, -0.25) is 4.79 Å². The molecule has 2 atom stereocenters. The van der Waals surface area contributed by atoms with Gasteiger partial charge in [0.15, 0.2) is 0 Å². The van der Waals surface area contributed by atoms with Crippen LogP contribution in [0.4, 0.5) is 0 Å². The van der Waals surface area contributed by atoms with Crippen LogP contribution < -0.4 is 0 Å². The lowest BCUT2D eigenvalue weighted by Crippen LogP contribution is -1.98. The van der Waals surface area contributed by atoms with E-state index in [1.165, 1.54) is 32.8 Å². The number of hydrogen-bond donors (Lipinski definition) is 0. The Balaban J connectivity index is 1.92. The van der Waals surface area contributed by atoms with Crippen LogP contribution in [0.1, 0.15) is 71.1 Å². The summed E-state index contributed by atoms with van der Waals surface area (Å²) in [7, 11) is 1.43. The maximum Gasteiger partial charge on any atom is 0.305 e. The Hall–Kier alpha value is -1.35. The summed E-state index contributed by atoms with van der Waals surface area (Å²) in [6, 6.07) is 0. The van der Waals surface area contributed by atoms with Crippen molar-refractivity contribution in [3.63, 3.8) is 0 Å². The monoisotopic (exact) mass is 334 g/mol. The Morgan fingerprint density at radius 3 is 2.25 bits per heavy atom. The smallest absolute Gasteiger partial charge is 0.305 e. The molecule has 1 aliphatic rings. The van der Waals surface area contributed by atoms with Crippen molar-refractivity contribution in [3.05, 3.63) is 36.5 Å². The minimum absolute atomic E-state index is 0.127. The Morgan fingerprint density at radius 1 is 0.917 bits per heavy atom. The molecular formula is C21H34O3. The molecule has 0 aromatic heterocycles. The van der Waals surface area contributed by atoms with Crippen molar-refractivity contribution in [1.82, 2.24) is 0 Å². The van der Waals surface area contributed by atoms with Gasteiger partial charge >= 0.3 is 5.97 Å². The molecule has 0 radical (unpaired) electrons. The van der Waals surface area contributed by atoms with Crippen molar-refractivity contribution in [2.45, 2.75) is 83.3 Å². The SMILES string of the molecule is CCCCC/C=C\CC1OC1C/C=C\C/C=C\CCCC(=O)OC. The first-order valence-electron chi connectivity index (χ1n) is 9.45. The van der Waals surface area contributed by atoms with Gasteiger partial charge < -0.3 is 9.47 Å². The molecule has 0 saturated carbocycles. The molecular weight excluding hydrogens is 300 g/mol. The molecule has 3 nitrogen and oxygen atoms in total. The zero-order chi connectivity index (χ0) is 17.5.